The second-order valence-electron chi connectivity index (χ2n) is 4.25. The Morgan fingerprint density at radius 1 is 1.69 bits per heavy atom. The van der Waals surface area contributed by atoms with Gasteiger partial charge in [0.15, 0.2) is 0 Å². The first kappa shape index (κ1) is 12.2. The van der Waals surface area contributed by atoms with E-state index in [0.717, 1.165) is 11.6 Å². The highest BCUT2D eigenvalue weighted by Crippen LogP contribution is 2.17. The zero-order valence-corrected chi connectivity index (χ0v) is 10.2. The highest BCUT2D eigenvalue weighted by Gasteiger charge is 2.34. The number of nitrogens with zero attached hydrogens (tertiary/aromatic N) is 1. The molecule has 2 rings (SSSR count). The molecule has 0 bridgehead atoms. The number of nitrogens with one attached hydrogen (secondary N) is 1. The molecule has 5 nitrogen and oxygen atoms in total. The average molecular weight is 246 g/mol. The van der Waals surface area contributed by atoms with E-state index >= 15 is 0 Å². The summed E-state index contributed by atoms with van der Waals surface area (Å²) in [5, 5.41) is 12.2. The number of hydrogen-bond acceptors (Lipinski definition) is 5. The number of aliphatic hydroxyl groups is 1. The molecule has 1 amide bonds. The van der Waals surface area contributed by atoms with Gasteiger partial charge in [-0.1, -0.05) is 0 Å². The Morgan fingerprint density at radius 2 is 2.50 bits per heavy atom. The number of thioether (sulfide) groups is 1. The standard InChI is InChI=1S/C10H18N2O3S/c1-7-4-15-8(3-13)2-12(7)10(14)9-5-16-6-11-9/h7-9,11,13H,2-6H2,1H3. The number of carbonyl (C=O) groups is 1. The molecule has 2 N–H and O–H groups in total. The van der Waals surface area contributed by atoms with Crippen LogP contribution in [0.5, 0.6) is 0 Å². The Hall–Kier alpha value is -0.300. The first-order valence-electron chi connectivity index (χ1n) is 5.56. The minimum absolute atomic E-state index is 0.0245. The molecule has 0 saturated carbocycles. The van der Waals surface area contributed by atoms with Crippen LogP contribution < -0.4 is 5.32 Å². The Kier molecular flexibility index (Phi) is 4.07. The third-order valence-corrected chi connectivity index (χ3v) is 3.95. The zero-order chi connectivity index (χ0) is 11.5. The summed E-state index contributed by atoms with van der Waals surface area (Å²) in [7, 11) is 0. The minimum atomic E-state index is -0.228. The summed E-state index contributed by atoms with van der Waals surface area (Å²) in [4.78, 5) is 14.0. The van der Waals surface area contributed by atoms with E-state index < -0.39 is 0 Å². The van der Waals surface area contributed by atoms with Crippen LogP contribution in [0.4, 0.5) is 0 Å². The molecule has 0 spiro atoms. The second-order valence-corrected chi connectivity index (χ2v) is 5.28. The molecule has 16 heavy (non-hydrogen) atoms. The van der Waals surface area contributed by atoms with Gasteiger partial charge in [-0.3, -0.25) is 10.1 Å². The summed E-state index contributed by atoms with van der Waals surface area (Å²) in [6.45, 7) is 2.97. The number of rotatable bonds is 2. The summed E-state index contributed by atoms with van der Waals surface area (Å²) < 4.78 is 5.41. The van der Waals surface area contributed by atoms with Crippen LogP contribution in [0.25, 0.3) is 0 Å². The van der Waals surface area contributed by atoms with E-state index in [2.05, 4.69) is 5.32 Å². The van der Waals surface area contributed by atoms with Gasteiger partial charge in [-0.2, -0.15) is 0 Å². The number of morpholine rings is 1. The first-order chi connectivity index (χ1) is 7.72. The fourth-order valence-electron chi connectivity index (χ4n) is 1.99. The van der Waals surface area contributed by atoms with Gasteiger partial charge in [-0.25, -0.2) is 0 Å². The second kappa shape index (κ2) is 5.35. The van der Waals surface area contributed by atoms with Crippen molar-refractivity contribution in [3.8, 4) is 0 Å². The minimum Gasteiger partial charge on any atom is -0.394 e. The molecule has 0 aromatic rings. The summed E-state index contributed by atoms with van der Waals surface area (Å²) >= 11 is 1.74. The van der Waals surface area contributed by atoms with Crippen LogP contribution in [-0.4, -0.2) is 65.5 Å². The van der Waals surface area contributed by atoms with Gasteiger partial charge in [-0.05, 0) is 6.92 Å². The highest BCUT2D eigenvalue weighted by molar-refractivity contribution is 7.99. The van der Waals surface area contributed by atoms with Gasteiger partial charge >= 0.3 is 0 Å². The van der Waals surface area contributed by atoms with Crippen molar-refractivity contribution in [1.82, 2.24) is 10.2 Å². The van der Waals surface area contributed by atoms with Gasteiger partial charge in [0.2, 0.25) is 5.91 Å². The SMILES string of the molecule is CC1COC(CO)CN1C(=O)C1CSCN1. The quantitative estimate of drug-likeness (QED) is 0.672. The van der Waals surface area contributed by atoms with Gasteiger partial charge in [0, 0.05) is 18.2 Å². The van der Waals surface area contributed by atoms with Crippen molar-refractivity contribution in [2.45, 2.75) is 25.1 Å². The molecule has 2 fully saturated rings. The summed E-state index contributed by atoms with van der Waals surface area (Å²) in [5.74, 6) is 1.82. The van der Waals surface area contributed by atoms with Gasteiger partial charge in [-0.15, -0.1) is 11.8 Å². The van der Waals surface area contributed by atoms with Crippen LogP contribution >= 0.6 is 11.8 Å². The van der Waals surface area contributed by atoms with Gasteiger partial charge < -0.3 is 14.7 Å². The fourth-order valence-corrected chi connectivity index (χ4v) is 2.92. The highest BCUT2D eigenvalue weighted by atomic mass is 32.2. The van der Waals surface area contributed by atoms with Crippen molar-refractivity contribution >= 4 is 17.7 Å². The summed E-state index contributed by atoms with van der Waals surface area (Å²) in [6, 6.07) is 0.0348. The summed E-state index contributed by atoms with van der Waals surface area (Å²) in [6.07, 6.45) is -0.228. The third-order valence-electron chi connectivity index (χ3n) is 3.01. The predicted molar refractivity (Wildman–Crippen MR) is 62.2 cm³/mol. The Labute approximate surface area is 99.5 Å². The maximum atomic E-state index is 12.2. The van der Waals surface area contributed by atoms with Crippen molar-refractivity contribution in [2.24, 2.45) is 0 Å². The summed E-state index contributed by atoms with van der Waals surface area (Å²) in [5.41, 5.74) is 0. The lowest BCUT2D eigenvalue weighted by Gasteiger charge is -2.38. The average Bonchev–Trinajstić information content (AvgIpc) is 2.82. The third kappa shape index (κ3) is 2.51. The van der Waals surface area contributed by atoms with E-state index in [9.17, 15) is 4.79 Å². The number of aliphatic hydroxyl groups excluding tert-OH is 1. The van der Waals surface area contributed by atoms with Gasteiger partial charge in [0.05, 0.1) is 31.4 Å². The first-order valence-corrected chi connectivity index (χ1v) is 6.72. The predicted octanol–water partition coefficient (Wildman–Crippen LogP) is -0.743. The van der Waals surface area contributed by atoms with Crippen LogP contribution in [0, 0.1) is 0 Å². The van der Waals surface area contributed by atoms with E-state index in [1.165, 1.54) is 0 Å². The van der Waals surface area contributed by atoms with Crippen LogP contribution in [-0.2, 0) is 9.53 Å². The smallest absolute Gasteiger partial charge is 0.240 e. The lowest BCUT2D eigenvalue weighted by Crippen LogP contribution is -2.56. The van der Waals surface area contributed by atoms with E-state index in [4.69, 9.17) is 9.84 Å². The van der Waals surface area contributed by atoms with Gasteiger partial charge in [0.25, 0.3) is 0 Å². The number of ether oxygens (including phenoxy) is 1. The molecule has 3 unspecified atom stereocenters. The lowest BCUT2D eigenvalue weighted by molar-refractivity contribution is -0.147. The molecule has 6 heteroatoms. The van der Waals surface area contributed by atoms with Crippen molar-refractivity contribution < 1.29 is 14.6 Å². The molecular weight excluding hydrogens is 228 g/mol. The monoisotopic (exact) mass is 246 g/mol. The number of hydrogen-bond donors (Lipinski definition) is 2. The molecule has 2 aliphatic heterocycles. The molecule has 0 aliphatic carbocycles. The zero-order valence-electron chi connectivity index (χ0n) is 9.39. The Balaban J connectivity index is 1.97. The molecule has 0 radical (unpaired) electrons. The van der Waals surface area contributed by atoms with Crippen LogP contribution in [0.15, 0.2) is 0 Å². The fraction of sp³-hybridized carbons (Fsp3) is 0.900. The van der Waals surface area contributed by atoms with E-state index in [1.54, 1.807) is 11.8 Å². The molecule has 0 aromatic carbocycles. The van der Waals surface area contributed by atoms with Crippen molar-refractivity contribution in [3.05, 3.63) is 0 Å². The number of carbonyl (C=O) groups excluding carboxylic acids is 1. The van der Waals surface area contributed by atoms with E-state index in [1.807, 2.05) is 11.8 Å². The molecule has 0 aromatic heterocycles. The normalized spacial score (nSPS) is 35.4. The molecule has 3 atom stereocenters. The molecule has 2 heterocycles. The molecule has 2 aliphatic rings. The maximum absolute atomic E-state index is 12.2. The van der Waals surface area contributed by atoms with Gasteiger partial charge in [0.1, 0.15) is 0 Å². The van der Waals surface area contributed by atoms with Crippen molar-refractivity contribution in [3.63, 3.8) is 0 Å². The van der Waals surface area contributed by atoms with E-state index in [-0.39, 0.29) is 30.7 Å². The van der Waals surface area contributed by atoms with Crippen LogP contribution in [0.2, 0.25) is 0 Å². The lowest BCUT2D eigenvalue weighted by atomic mass is 10.1. The van der Waals surface area contributed by atoms with Crippen LogP contribution in [0.3, 0.4) is 0 Å². The Morgan fingerprint density at radius 3 is 3.12 bits per heavy atom. The molecule has 2 saturated heterocycles. The molecule has 92 valence electrons. The number of amides is 1. The molecular formula is C10H18N2O3S. The van der Waals surface area contributed by atoms with E-state index in [0.29, 0.717) is 13.2 Å². The van der Waals surface area contributed by atoms with Crippen molar-refractivity contribution in [2.75, 3.05) is 31.4 Å². The van der Waals surface area contributed by atoms with Crippen LogP contribution in [0.1, 0.15) is 6.92 Å². The topological polar surface area (TPSA) is 61.8 Å². The maximum Gasteiger partial charge on any atom is 0.240 e. The Bertz CT molecular complexity index is 258. The van der Waals surface area contributed by atoms with Crippen molar-refractivity contribution in [1.29, 1.82) is 0 Å². The largest absolute Gasteiger partial charge is 0.394 e.